The molecule has 0 spiro atoms. The molecule has 1 aromatic rings. The number of carbonyl (C=O) groups excluding carboxylic acids is 1. The largest absolute Gasteiger partial charge is 0.417 e. The minimum Gasteiger partial charge on any atom is -0.383 e. The number of benzene rings is 1. The third kappa shape index (κ3) is 5.32. The summed E-state index contributed by atoms with van der Waals surface area (Å²) in [6.07, 6.45) is -3.16. The summed E-state index contributed by atoms with van der Waals surface area (Å²) >= 11 is 2.99. The molecule has 0 saturated heterocycles. The number of amides is 1. The summed E-state index contributed by atoms with van der Waals surface area (Å²) in [5.41, 5.74) is -1.34. The predicted octanol–water partition coefficient (Wildman–Crippen LogP) is 4.01. The smallest absolute Gasteiger partial charge is 0.383 e. The average Bonchev–Trinajstić information content (AvgIpc) is 2.38. The first-order valence-electron chi connectivity index (χ1n) is 6.46. The Labute approximate surface area is 130 Å². The Bertz CT molecular complexity index is 486. The maximum atomic E-state index is 13.0. The van der Waals surface area contributed by atoms with Crippen LogP contribution < -0.4 is 5.32 Å². The van der Waals surface area contributed by atoms with E-state index in [1.807, 2.05) is 6.92 Å². The molecule has 1 unspecified atom stereocenters. The molecule has 0 aromatic heterocycles. The van der Waals surface area contributed by atoms with E-state index in [1.165, 1.54) is 13.2 Å². The van der Waals surface area contributed by atoms with Crippen LogP contribution in [-0.2, 0) is 10.9 Å². The first-order valence-corrected chi connectivity index (χ1v) is 7.25. The lowest BCUT2D eigenvalue weighted by molar-refractivity contribution is -0.138. The maximum Gasteiger partial charge on any atom is 0.417 e. The minimum absolute atomic E-state index is 0.261. The highest BCUT2D eigenvalue weighted by molar-refractivity contribution is 9.10. The van der Waals surface area contributed by atoms with Crippen molar-refractivity contribution >= 4 is 21.8 Å². The highest BCUT2D eigenvalue weighted by Crippen LogP contribution is 2.33. The topological polar surface area (TPSA) is 38.3 Å². The average molecular weight is 368 g/mol. The number of halogens is 4. The number of alkyl halides is 3. The second-order valence-corrected chi connectivity index (χ2v) is 5.52. The zero-order chi connectivity index (χ0) is 16.0. The predicted molar refractivity (Wildman–Crippen MR) is 77.2 cm³/mol. The molecule has 1 rings (SSSR count). The number of nitrogens with one attached hydrogen (secondary N) is 1. The third-order valence-corrected chi connectivity index (χ3v) is 3.37. The minimum atomic E-state index is -4.59. The van der Waals surface area contributed by atoms with E-state index in [2.05, 4.69) is 21.2 Å². The van der Waals surface area contributed by atoms with E-state index in [1.54, 1.807) is 0 Å². The Balaban J connectivity index is 3.01. The maximum absolute atomic E-state index is 13.0. The zero-order valence-electron chi connectivity index (χ0n) is 11.8. The van der Waals surface area contributed by atoms with Gasteiger partial charge in [0.15, 0.2) is 0 Å². The van der Waals surface area contributed by atoms with Crippen molar-refractivity contribution in [2.75, 3.05) is 13.7 Å². The number of methoxy groups -OCH3 is 1. The molecular formula is C14H17BrF3NO2. The number of hydrogen-bond donors (Lipinski definition) is 1. The Morgan fingerprint density at radius 3 is 2.62 bits per heavy atom. The molecule has 0 heterocycles. The Morgan fingerprint density at radius 1 is 1.43 bits per heavy atom. The van der Waals surface area contributed by atoms with E-state index >= 15 is 0 Å². The van der Waals surface area contributed by atoms with Gasteiger partial charge in [0.25, 0.3) is 5.91 Å². The van der Waals surface area contributed by atoms with Crippen LogP contribution in [0.2, 0.25) is 0 Å². The fraction of sp³-hybridized carbons (Fsp3) is 0.500. The summed E-state index contributed by atoms with van der Waals surface area (Å²) in [4.78, 5) is 12.1. The summed E-state index contributed by atoms with van der Waals surface area (Å²) in [6.45, 7) is 2.19. The fourth-order valence-corrected chi connectivity index (χ4v) is 2.32. The van der Waals surface area contributed by atoms with Gasteiger partial charge in [0, 0.05) is 11.6 Å². The number of rotatable bonds is 6. The molecule has 0 radical (unpaired) electrons. The first-order chi connectivity index (χ1) is 9.79. The summed E-state index contributed by atoms with van der Waals surface area (Å²) in [5, 5.41) is 2.59. The Morgan fingerprint density at radius 2 is 2.10 bits per heavy atom. The molecule has 0 aliphatic heterocycles. The highest BCUT2D eigenvalue weighted by atomic mass is 79.9. The van der Waals surface area contributed by atoms with Crippen LogP contribution in [0.15, 0.2) is 22.7 Å². The normalized spacial score (nSPS) is 13.0. The number of carbonyl (C=O) groups is 1. The van der Waals surface area contributed by atoms with E-state index in [0.29, 0.717) is 6.42 Å². The summed E-state index contributed by atoms with van der Waals surface area (Å²) in [6, 6.07) is 3.17. The van der Waals surface area contributed by atoms with E-state index in [4.69, 9.17) is 4.74 Å². The molecule has 3 nitrogen and oxygen atoms in total. The van der Waals surface area contributed by atoms with Crippen molar-refractivity contribution in [3.05, 3.63) is 33.8 Å². The standard InChI is InChI=1S/C14H17BrF3NO2/c1-3-4-10(8-21-2)19-13(20)11-6-5-9(15)7-12(11)14(16,17)18/h5-7,10H,3-4,8H2,1-2H3,(H,19,20). The van der Waals surface area contributed by atoms with Crippen LogP contribution in [0.25, 0.3) is 0 Å². The van der Waals surface area contributed by atoms with E-state index < -0.39 is 17.6 Å². The molecule has 0 saturated carbocycles. The summed E-state index contributed by atoms with van der Waals surface area (Å²) in [5.74, 6) is -0.745. The van der Waals surface area contributed by atoms with Gasteiger partial charge >= 0.3 is 6.18 Å². The molecule has 0 bridgehead atoms. The van der Waals surface area contributed by atoms with E-state index in [0.717, 1.165) is 18.6 Å². The van der Waals surface area contributed by atoms with Crippen LogP contribution in [0.4, 0.5) is 13.2 Å². The van der Waals surface area contributed by atoms with E-state index in [9.17, 15) is 18.0 Å². The molecular weight excluding hydrogens is 351 g/mol. The van der Waals surface area contributed by atoms with Gasteiger partial charge in [0.1, 0.15) is 0 Å². The van der Waals surface area contributed by atoms with Crippen LogP contribution in [0.3, 0.4) is 0 Å². The Kier molecular flexibility index (Phi) is 6.67. The number of hydrogen-bond acceptors (Lipinski definition) is 2. The molecule has 0 aliphatic rings. The summed E-state index contributed by atoms with van der Waals surface area (Å²) in [7, 11) is 1.48. The first kappa shape index (κ1) is 18.0. The van der Waals surface area contributed by atoms with Crippen molar-refractivity contribution in [1.29, 1.82) is 0 Å². The van der Waals surface area contributed by atoms with Crippen LogP contribution >= 0.6 is 15.9 Å². The van der Waals surface area contributed by atoms with Crippen LogP contribution in [0, 0.1) is 0 Å². The van der Waals surface area contributed by atoms with Gasteiger partial charge in [0.2, 0.25) is 0 Å². The molecule has 7 heteroatoms. The molecule has 1 aromatic carbocycles. The summed E-state index contributed by atoms with van der Waals surface area (Å²) < 4.78 is 44.2. The van der Waals surface area contributed by atoms with Crippen molar-refractivity contribution in [3.63, 3.8) is 0 Å². The van der Waals surface area contributed by atoms with E-state index in [-0.39, 0.29) is 22.7 Å². The SMILES string of the molecule is CCCC(COC)NC(=O)c1ccc(Br)cc1C(F)(F)F. The van der Waals surface area contributed by atoms with Crippen LogP contribution in [-0.4, -0.2) is 25.7 Å². The van der Waals surface area contributed by atoms with Gasteiger partial charge in [-0.25, -0.2) is 0 Å². The molecule has 0 aliphatic carbocycles. The Hall–Kier alpha value is -1.08. The zero-order valence-corrected chi connectivity index (χ0v) is 13.3. The van der Waals surface area contributed by atoms with Crippen LogP contribution in [0.1, 0.15) is 35.7 Å². The molecule has 1 amide bonds. The molecule has 1 atom stereocenters. The monoisotopic (exact) mass is 367 g/mol. The number of ether oxygens (including phenoxy) is 1. The van der Waals surface area contributed by atoms with Gasteiger partial charge in [0.05, 0.1) is 23.8 Å². The van der Waals surface area contributed by atoms with Gasteiger partial charge in [-0.2, -0.15) is 13.2 Å². The molecule has 1 N–H and O–H groups in total. The molecule has 118 valence electrons. The second kappa shape index (κ2) is 7.79. The third-order valence-electron chi connectivity index (χ3n) is 2.87. The van der Waals surface area contributed by atoms with Gasteiger partial charge in [-0.1, -0.05) is 29.3 Å². The molecule has 21 heavy (non-hydrogen) atoms. The van der Waals surface area contributed by atoms with Crippen molar-refractivity contribution in [3.8, 4) is 0 Å². The fourth-order valence-electron chi connectivity index (χ4n) is 1.96. The van der Waals surface area contributed by atoms with Gasteiger partial charge in [-0.15, -0.1) is 0 Å². The lowest BCUT2D eigenvalue weighted by Gasteiger charge is -2.19. The molecule has 0 fully saturated rings. The van der Waals surface area contributed by atoms with Crippen LogP contribution in [0.5, 0.6) is 0 Å². The van der Waals surface area contributed by atoms with Crippen molar-refractivity contribution < 1.29 is 22.7 Å². The highest BCUT2D eigenvalue weighted by Gasteiger charge is 2.35. The van der Waals surface area contributed by atoms with Gasteiger partial charge < -0.3 is 10.1 Å². The lowest BCUT2D eigenvalue weighted by Crippen LogP contribution is -2.38. The van der Waals surface area contributed by atoms with Crippen molar-refractivity contribution in [2.24, 2.45) is 0 Å². The van der Waals surface area contributed by atoms with Crippen molar-refractivity contribution in [2.45, 2.75) is 32.0 Å². The second-order valence-electron chi connectivity index (χ2n) is 4.60. The van der Waals surface area contributed by atoms with Gasteiger partial charge in [-0.3, -0.25) is 4.79 Å². The van der Waals surface area contributed by atoms with Gasteiger partial charge in [-0.05, 0) is 24.6 Å². The lowest BCUT2D eigenvalue weighted by atomic mass is 10.1. The van der Waals surface area contributed by atoms with Crippen molar-refractivity contribution in [1.82, 2.24) is 5.32 Å². The quantitative estimate of drug-likeness (QED) is 0.824.